The number of aliphatic carboxylic acids is 4. The third-order valence-electron chi connectivity index (χ3n) is 16.5. The number of hydrogen-bond acceptors (Lipinski definition) is 19. The van der Waals surface area contributed by atoms with Gasteiger partial charge < -0.3 is 91.1 Å². The first-order valence-corrected chi connectivity index (χ1v) is 37.7. The molecule has 1 aliphatic heterocycles. The number of unbranched alkanes of at least 4 members (excludes halogenated alkanes) is 3. The standard InChI is InChI=1S/C73H103IN9O22P/c1-51(13-12-40-105-50-83(106-100)61(73(98)99)30-35-69(91)92)78-66(88)32-29-59(72(96)97)80-65(87)20-3-2-9-37-76-63(85)31-28-57(70(93)81-58(71(94)95)18-8-10-38-75-62(84)21-11-14-52-22-26-56(74)27-23-52)79-67(89)36-41-101-43-45-103-47-48-104-46-44-102-42-39-77-64(86)33-34-68(90)82-49-55-17-5-4-15-53(55)24-25-54-16-6-7-19-60(54)82/h4-7,15-17,19,22-23,26-27,51,57-59,61,100,106H,2-3,8-14,18,20-21,28-50H2,1H3,(H,75,84)(H,76,85)(H,77,86)(H,78,88)(H,79,89)(H,80,87)(H,81,93)(H,91,92)(H,94,95)(H,96,97)(H,98,99)/t51-,57?,58?,59+,61?/m1/s1. The number of ether oxygens (including phenoxy) is 5. The quantitative estimate of drug-likeness (QED) is 0.0122. The summed E-state index contributed by atoms with van der Waals surface area (Å²) in [4.78, 5) is 162. The van der Waals surface area contributed by atoms with Gasteiger partial charge in [-0.3, -0.25) is 47.9 Å². The average molecular weight is 1620 g/mol. The monoisotopic (exact) mass is 1620 g/mol. The predicted molar refractivity (Wildman–Crippen MR) is 398 cm³/mol. The van der Waals surface area contributed by atoms with Crippen LogP contribution in [0.1, 0.15) is 158 Å². The van der Waals surface area contributed by atoms with E-state index in [9.17, 15) is 77.7 Å². The molecule has 4 unspecified atom stereocenters. The van der Waals surface area contributed by atoms with E-state index < -0.39 is 93.0 Å². The minimum atomic E-state index is -1.35. The summed E-state index contributed by atoms with van der Waals surface area (Å²) >= 11 is 2.23. The highest BCUT2D eigenvalue weighted by atomic mass is 127. The van der Waals surface area contributed by atoms with Gasteiger partial charge in [-0.1, -0.05) is 60.7 Å². The van der Waals surface area contributed by atoms with Crippen LogP contribution in [0.2, 0.25) is 0 Å². The van der Waals surface area contributed by atoms with Crippen molar-refractivity contribution in [3.05, 3.63) is 98.6 Å². The fourth-order valence-electron chi connectivity index (χ4n) is 10.7. The Bertz CT molecular complexity index is 3340. The number of benzene rings is 3. The topological polar surface area (TPSA) is 443 Å². The number of para-hydroxylation sites is 1. The normalized spacial score (nSPS) is 13.0. The van der Waals surface area contributed by atoms with E-state index in [1.165, 1.54) is 0 Å². The second-order valence-corrected chi connectivity index (χ2v) is 27.0. The van der Waals surface area contributed by atoms with Crippen LogP contribution in [-0.4, -0.2) is 217 Å². The van der Waals surface area contributed by atoms with Crippen molar-refractivity contribution >= 4 is 108 Å². The second-order valence-electron chi connectivity index (χ2n) is 25.0. The van der Waals surface area contributed by atoms with Gasteiger partial charge in [0.25, 0.3) is 0 Å². The summed E-state index contributed by atoms with van der Waals surface area (Å²) in [7, 11) is -0.939. The Balaban J connectivity index is 1.10. The number of nitrogens with one attached hydrogen (secondary N) is 7. The molecule has 0 bridgehead atoms. The molecule has 3 aromatic carbocycles. The van der Waals surface area contributed by atoms with E-state index in [0.29, 0.717) is 76.6 Å². The molecule has 12 N–H and O–H groups in total. The molecule has 3 aromatic rings. The summed E-state index contributed by atoms with van der Waals surface area (Å²) in [5, 5.41) is 56.8. The molecule has 0 saturated carbocycles. The van der Waals surface area contributed by atoms with Gasteiger partial charge in [0.1, 0.15) is 30.9 Å². The number of carboxylic acids is 4. The summed E-state index contributed by atoms with van der Waals surface area (Å²) < 4.78 is 29.9. The molecule has 1 aliphatic rings. The van der Waals surface area contributed by atoms with Gasteiger partial charge in [0.2, 0.25) is 47.3 Å². The maximum absolute atomic E-state index is 13.7. The summed E-state index contributed by atoms with van der Waals surface area (Å²) in [6.45, 7) is 4.15. The Morgan fingerprint density at radius 1 is 0.481 bits per heavy atom. The first kappa shape index (κ1) is 90.1. The molecular formula is C73H103IN9O22P. The summed E-state index contributed by atoms with van der Waals surface area (Å²) in [5.41, 5.74) is 4.33. The van der Waals surface area contributed by atoms with Crippen LogP contribution < -0.4 is 42.1 Å². The van der Waals surface area contributed by atoms with Gasteiger partial charge in [0, 0.05) is 98.3 Å². The summed E-state index contributed by atoms with van der Waals surface area (Å²) in [6.07, 6.45) is 2.87. The van der Waals surface area contributed by atoms with Crippen molar-refractivity contribution in [3.8, 4) is 11.8 Å². The van der Waals surface area contributed by atoms with E-state index >= 15 is 0 Å². The van der Waals surface area contributed by atoms with Crippen LogP contribution in [0.15, 0.2) is 72.8 Å². The molecule has 31 nitrogen and oxygen atoms in total. The highest BCUT2D eigenvalue weighted by Crippen LogP contribution is 2.27. The van der Waals surface area contributed by atoms with Crippen LogP contribution in [0.4, 0.5) is 5.69 Å². The number of rotatable bonds is 58. The van der Waals surface area contributed by atoms with Crippen molar-refractivity contribution in [2.45, 2.75) is 179 Å². The van der Waals surface area contributed by atoms with E-state index in [-0.39, 0.29) is 167 Å². The molecule has 0 radical (unpaired) electrons. The summed E-state index contributed by atoms with van der Waals surface area (Å²) in [6, 6.07) is 17.5. The van der Waals surface area contributed by atoms with Crippen LogP contribution in [0, 0.1) is 15.4 Å². The van der Waals surface area contributed by atoms with Crippen LogP contribution in [0.25, 0.3) is 0 Å². The Labute approximate surface area is 633 Å². The number of carboxylic acid groups (broad SMARTS) is 4. The van der Waals surface area contributed by atoms with E-state index in [1.807, 2.05) is 72.8 Å². The number of hydrogen-bond donors (Lipinski definition) is 12. The lowest BCUT2D eigenvalue weighted by molar-refractivity contribution is -0.144. The molecule has 0 saturated heterocycles. The Kier molecular flexibility index (Phi) is 45.5. The van der Waals surface area contributed by atoms with Gasteiger partial charge in [-0.2, -0.15) is 0 Å². The smallest absolute Gasteiger partial charge is 0.326 e. The van der Waals surface area contributed by atoms with Crippen LogP contribution in [0.5, 0.6) is 0 Å². The number of aryl methyl sites for hydroxylation is 1. The first-order chi connectivity index (χ1) is 51.0. The van der Waals surface area contributed by atoms with Crippen LogP contribution >= 0.6 is 31.5 Å². The molecule has 4 rings (SSSR count). The zero-order valence-corrected chi connectivity index (χ0v) is 63.2. The zero-order valence-electron chi connectivity index (χ0n) is 60.0. The van der Waals surface area contributed by atoms with Crippen LogP contribution in [-0.2, 0) is 94.2 Å². The molecule has 0 aliphatic carbocycles. The SMILES string of the molecule is C[C@H](CCCOCN(PO)C(CCC(=O)O)C(=O)O)NC(=O)CC[C@H](NC(=O)CCCCCNC(=O)CCC(NC(=O)CCOCCOCCOCCOCCNC(=O)CCC(=O)N1Cc2ccccc2C#Cc2ccccc21)C(=O)NC(CCCCNC(=O)CCCc1ccc(I)cc1)C(=O)O)C(=O)O. The molecule has 0 spiro atoms. The first-order valence-electron chi connectivity index (χ1n) is 35.7. The lowest BCUT2D eigenvalue weighted by Crippen LogP contribution is -2.52. The van der Waals surface area contributed by atoms with Gasteiger partial charge in [-0.05, 0) is 148 Å². The van der Waals surface area contributed by atoms with Crippen molar-refractivity contribution in [1.82, 2.24) is 41.9 Å². The fourth-order valence-corrected chi connectivity index (χ4v) is 11.6. The van der Waals surface area contributed by atoms with Gasteiger partial charge in [-0.15, -0.1) is 0 Å². The Hall–Kier alpha value is -8.26. The molecule has 0 aromatic heterocycles. The third-order valence-corrected chi connectivity index (χ3v) is 17.9. The van der Waals surface area contributed by atoms with E-state index in [2.05, 4.69) is 71.6 Å². The number of halogens is 1. The fraction of sp³-hybridized carbons (Fsp3) is 0.562. The molecular weight excluding hydrogens is 1510 g/mol. The molecule has 0 fully saturated rings. The average Bonchev–Trinajstić information content (AvgIpc) is 0.804. The maximum Gasteiger partial charge on any atom is 0.326 e. The van der Waals surface area contributed by atoms with Gasteiger partial charge >= 0.3 is 23.9 Å². The maximum atomic E-state index is 13.7. The van der Waals surface area contributed by atoms with E-state index in [4.69, 9.17) is 28.8 Å². The van der Waals surface area contributed by atoms with Gasteiger partial charge in [0.05, 0.1) is 74.0 Å². The number of anilines is 1. The van der Waals surface area contributed by atoms with Crippen LogP contribution in [0.3, 0.4) is 0 Å². The number of carbonyl (C=O) groups excluding carboxylic acids is 8. The molecule has 584 valence electrons. The number of fused-ring (bicyclic) bond motifs is 2. The Morgan fingerprint density at radius 3 is 1.70 bits per heavy atom. The predicted octanol–water partition coefficient (Wildman–Crippen LogP) is 4.44. The van der Waals surface area contributed by atoms with Crippen molar-refractivity contribution in [1.29, 1.82) is 0 Å². The van der Waals surface area contributed by atoms with E-state index in [0.717, 1.165) is 36.9 Å². The summed E-state index contributed by atoms with van der Waals surface area (Å²) in [5.74, 6) is -2.28. The highest BCUT2D eigenvalue weighted by Gasteiger charge is 2.30. The minimum absolute atomic E-state index is 0.00688. The zero-order chi connectivity index (χ0) is 77.3. The van der Waals surface area contributed by atoms with Crippen molar-refractivity contribution < 1.29 is 107 Å². The van der Waals surface area contributed by atoms with Crippen molar-refractivity contribution in [2.24, 2.45) is 0 Å². The highest BCUT2D eigenvalue weighted by molar-refractivity contribution is 14.1. The number of nitrogens with zero attached hydrogens (tertiary/aromatic N) is 2. The third kappa shape index (κ3) is 39.4. The number of amides is 8. The van der Waals surface area contributed by atoms with Gasteiger partial charge in [-0.25, -0.2) is 14.3 Å². The molecule has 33 heteroatoms. The molecule has 1 heterocycles. The van der Waals surface area contributed by atoms with E-state index in [1.54, 1.807) is 11.8 Å². The molecule has 6 atom stereocenters. The second kappa shape index (κ2) is 53.5. The Morgan fingerprint density at radius 2 is 1.03 bits per heavy atom. The van der Waals surface area contributed by atoms with Crippen molar-refractivity contribution in [2.75, 3.05) is 90.7 Å². The molecule has 8 amide bonds. The van der Waals surface area contributed by atoms with Gasteiger partial charge in [0.15, 0.2) is 0 Å². The number of carbonyl (C=O) groups is 12. The van der Waals surface area contributed by atoms with Crippen molar-refractivity contribution in [3.63, 3.8) is 0 Å². The lowest BCUT2D eigenvalue weighted by atomic mass is 10.0. The lowest BCUT2D eigenvalue weighted by Gasteiger charge is -2.26. The minimum Gasteiger partial charge on any atom is -0.481 e. The largest absolute Gasteiger partial charge is 0.481 e. The molecule has 106 heavy (non-hydrogen) atoms.